The van der Waals surface area contributed by atoms with Crippen LogP contribution in [0.15, 0.2) is 65.2 Å². The molecule has 2 aromatic carbocycles. The number of methoxy groups -OCH3 is 1. The molecule has 0 aromatic heterocycles. The van der Waals surface area contributed by atoms with Crippen LogP contribution in [0.1, 0.15) is 18.1 Å². The molecular formula is C27H27ClN2O7S2. The number of ether oxygens (including phenoxy) is 3. The smallest absolute Gasteiger partial charge is 0.356 e. The van der Waals surface area contributed by atoms with Crippen molar-refractivity contribution in [2.45, 2.75) is 36.8 Å². The van der Waals surface area contributed by atoms with Crippen LogP contribution in [0.5, 0.6) is 5.75 Å². The third kappa shape index (κ3) is 7.09. The molecule has 9 nitrogen and oxygen atoms in total. The van der Waals surface area contributed by atoms with Gasteiger partial charge in [-0.3, -0.25) is 19.3 Å². The average Bonchev–Trinajstić information content (AvgIpc) is 2.95. The van der Waals surface area contributed by atoms with Gasteiger partial charge >= 0.3 is 11.9 Å². The van der Waals surface area contributed by atoms with Crippen LogP contribution in [-0.2, 0) is 41.7 Å². The van der Waals surface area contributed by atoms with Crippen LogP contribution in [-0.4, -0.2) is 64.2 Å². The molecule has 2 heterocycles. The normalized spacial score (nSPS) is 18.9. The number of carbonyl (C=O) groups is 4. The summed E-state index contributed by atoms with van der Waals surface area (Å²) in [6.07, 6.45) is 0.138. The van der Waals surface area contributed by atoms with Gasteiger partial charge in [0.2, 0.25) is 5.91 Å². The zero-order valence-corrected chi connectivity index (χ0v) is 23.6. The second-order valence-corrected chi connectivity index (χ2v) is 11.4. The second kappa shape index (κ2) is 13.3. The largest absolute Gasteiger partial charge is 0.497 e. The molecule has 1 N–H and O–H groups in total. The summed E-state index contributed by atoms with van der Waals surface area (Å²) in [5, 5.41) is 2.34. The first-order valence-electron chi connectivity index (χ1n) is 12.0. The average molecular weight is 591 g/mol. The Morgan fingerprint density at radius 1 is 1.13 bits per heavy atom. The van der Waals surface area contributed by atoms with Crippen LogP contribution in [0.2, 0.25) is 0 Å². The summed E-state index contributed by atoms with van der Waals surface area (Å²) in [7, 11) is 1.56. The minimum Gasteiger partial charge on any atom is -0.497 e. The van der Waals surface area contributed by atoms with Crippen LogP contribution in [0, 0.1) is 0 Å². The van der Waals surface area contributed by atoms with E-state index in [-0.39, 0.29) is 30.5 Å². The van der Waals surface area contributed by atoms with Gasteiger partial charge in [-0.1, -0.05) is 54.2 Å². The fraction of sp³-hybridized carbons (Fsp3) is 0.333. The van der Waals surface area contributed by atoms with Crippen LogP contribution in [0.3, 0.4) is 0 Å². The number of rotatable bonds is 11. The number of nitrogens with one attached hydrogen (secondary N) is 1. The molecule has 2 amide bonds. The standard InChI is InChI=1S/C27H27ClN2O7S2/c1-16(37-22(32)13-28)39-20-15-38-26-23(29-21(31)12-17-6-4-3-5-7-17)25(33)30(26)24(20)27(34)36-14-18-8-10-19(35-2)11-9-18/h3-11,16,23,26H,12-15H2,1-2H3,(H,29,31)/t16?,23-,26+/m0/s1. The first-order chi connectivity index (χ1) is 18.8. The molecule has 0 bridgehead atoms. The minimum absolute atomic E-state index is 0.0157. The summed E-state index contributed by atoms with van der Waals surface area (Å²) in [5.74, 6) is -1.24. The molecule has 206 valence electrons. The van der Waals surface area contributed by atoms with Gasteiger partial charge in [0.1, 0.15) is 40.8 Å². The summed E-state index contributed by atoms with van der Waals surface area (Å²) in [5.41, 5.74) is 1.01. The van der Waals surface area contributed by atoms with E-state index in [0.29, 0.717) is 16.4 Å². The number of carbonyl (C=O) groups excluding carboxylic acids is 4. The Morgan fingerprint density at radius 2 is 1.85 bits per heavy atom. The number of esters is 2. The zero-order valence-electron chi connectivity index (χ0n) is 21.3. The van der Waals surface area contributed by atoms with Crippen molar-refractivity contribution in [1.29, 1.82) is 0 Å². The Labute approximate surface area is 239 Å². The van der Waals surface area contributed by atoms with Crippen LogP contribution < -0.4 is 10.1 Å². The van der Waals surface area contributed by atoms with Gasteiger partial charge in [-0.2, -0.15) is 0 Å². The molecule has 1 unspecified atom stereocenters. The summed E-state index contributed by atoms with van der Waals surface area (Å²) in [4.78, 5) is 52.7. The van der Waals surface area contributed by atoms with E-state index in [1.54, 1.807) is 38.3 Å². The van der Waals surface area contributed by atoms with Crippen LogP contribution in [0.25, 0.3) is 0 Å². The lowest BCUT2D eigenvalue weighted by atomic mass is 10.0. The predicted molar refractivity (Wildman–Crippen MR) is 149 cm³/mol. The molecule has 2 aliphatic rings. The van der Waals surface area contributed by atoms with E-state index in [1.807, 2.05) is 30.3 Å². The van der Waals surface area contributed by atoms with Crippen molar-refractivity contribution in [1.82, 2.24) is 10.2 Å². The molecule has 4 rings (SSSR count). The molecule has 3 atom stereocenters. The number of benzene rings is 2. The van der Waals surface area contributed by atoms with Crippen molar-refractivity contribution in [3.05, 3.63) is 76.3 Å². The van der Waals surface area contributed by atoms with E-state index in [0.717, 1.165) is 22.9 Å². The number of β-lactam (4-membered cyclic amide) rings is 1. The second-order valence-electron chi connectivity index (χ2n) is 8.62. The fourth-order valence-electron chi connectivity index (χ4n) is 4.06. The van der Waals surface area contributed by atoms with E-state index < -0.39 is 34.7 Å². The lowest BCUT2D eigenvalue weighted by Crippen LogP contribution is -2.70. The maximum Gasteiger partial charge on any atom is 0.356 e. The Balaban J connectivity index is 1.49. The number of halogens is 1. The summed E-state index contributed by atoms with van der Waals surface area (Å²) >= 11 is 8.10. The number of hydrogen-bond donors (Lipinski definition) is 1. The highest BCUT2D eigenvalue weighted by Gasteiger charge is 2.54. The number of alkyl halides is 1. The Hall–Kier alpha value is -3.15. The molecule has 39 heavy (non-hydrogen) atoms. The lowest BCUT2D eigenvalue weighted by molar-refractivity contribution is -0.153. The SMILES string of the molecule is COc1ccc(COC(=O)C2=C(SC(C)OC(=O)CCl)CS[C@@H]3[C@@H](NC(=O)Cc4ccccc4)C(=O)N23)cc1. The Kier molecular flexibility index (Phi) is 9.82. The number of fused-ring (bicyclic) bond motifs is 1. The Bertz CT molecular complexity index is 1260. The van der Waals surface area contributed by atoms with Gasteiger partial charge in [0.15, 0.2) is 0 Å². The highest BCUT2D eigenvalue weighted by molar-refractivity contribution is 8.06. The van der Waals surface area contributed by atoms with Crippen molar-refractivity contribution < 1.29 is 33.4 Å². The monoisotopic (exact) mass is 590 g/mol. The summed E-state index contributed by atoms with van der Waals surface area (Å²) in [6.45, 7) is 1.64. The topological polar surface area (TPSA) is 111 Å². The van der Waals surface area contributed by atoms with Crippen molar-refractivity contribution >= 4 is 58.9 Å². The third-order valence-corrected chi connectivity index (χ3v) is 8.63. The van der Waals surface area contributed by atoms with Crippen molar-refractivity contribution in [2.75, 3.05) is 18.7 Å². The first-order valence-corrected chi connectivity index (χ1v) is 14.5. The maximum atomic E-state index is 13.3. The molecule has 0 spiro atoms. The first kappa shape index (κ1) is 28.8. The molecule has 2 aliphatic heterocycles. The van der Waals surface area contributed by atoms with Crippen molar-refractivity contribution in [3.63, 3.8) is 0 Å². The van der Waals surface area contributed by atoms with Gasteiger partial charge < -0.3 is 19.5 Å². The van der Waals surface area contributed by atoms with Gasteiger partial charge in [-0.15, -0.1) is 23.4 Å². The molecule has 0 aliphatic carbocycles. The highest BCUT2D eigenvalue weighted by atomic mass is 35.5. The van der Waals surface area contributed by atoms with Gasteiger partial charge in [0, 0.05) is 10.7 Å². The van der Waals surface area contributed by atoms with E-state index in [4.69, 9.17) is 25.8 Å². The zero-order chi connectivity index (χ0) is 27.9. The van der Waals surface area contributed by atoms with Crippen LogP contribution in [0.4, 0.5) is 0 Å². The molecular weight excluding hydrogens is 564 g/mol. The molecule has 1 fully saturated rings. The highest BCUT2D eigenvalue weighted by Crippen LogP contribution is 2.44. The number of nitrogens with zero attached hydrogens (tertiary/aromatic N) is 1. The van der Waals surface area contributed by atoms with E-state index in [9.17, 15) is 19.2 Å². The van der Waals surface area contributed by atoms with E-state index in [1.165, 1.54) is 16.7 Å². The molecule has 0 saturated carbocycles. The molecule has 0 radical (unpaired) electrons. The van der Waals surface area contributed by atoms with E-state index >= 15 is 0 Å². The Morgan fingerprint density at radius 3 is 2.51 bits per heavy atom. The summed E-state index contributed by atoms with van der Waals surface area (Å²) in [6, 6.07) is 15.5. The molecule has 1 saturated heterocycles. The van der Waals surface area contributed by atoms with Gasteiger partial charge in [0.25, 0.3) is 5.91 Å². The van der Waals surface area contributed by atoms with Crippen LogP contribution >= 0.6 is 35.1 Å². The molecule has 12 heteroatoms. The fourth-order valence-corrected chi connectivity index (χ4v) is 6.64. The number of thioether (sulfide) groups is 2. The van der Waals surface area contributed by atoms with E-state index in [2.05, 4.69) is 5.32 Å². The quantitative estimate of drug-likeness (QED) is 0.182. The van der Waals surface area contributed by atoms with Gasteiger partial charge in [0.05, 0.1) is 13.5 Å². The van der Waals surface area contributed by atoms with Gasteiger partial charge in [-0.05, 0) is 30.2 Å². The number of amides is 2. The van der Waals surface area contributed by atoms with Crippen molar-refractivity contribution in [2.24, 2.45) is 0 Å². The minimum atomic E-state index is -0.770. The van der Waals surface area contributed by atoms with Gasteiger partial charge in [-0.25, -0.2) is 4.79 Å². The third-order valence-electron chi connectivity index (χ3n) is 5.89. The number of hydrogen-bond acceptors (Lipinski definition) is 9. The summed E-state index contributed by atoms with van der Waals surface area (Å²) < 4.78 is 16.0. The maximum absolute atomic E-state index is 13.3. The predicted octanol–water partition coefficient (Wildman–Crippen LogP) is 3.45. The lowest BCUT2D eigenvalue weighted by Gasteiger charge is -2.49. The molecule has 2 aromatic rings. The van der Waals surface area contributed by atoms with Crippen molar-refractivity contribution in [3.8, 4) is 5.75 Å².